The summed E-state index contributed by atoms with van der Waals surface area (Å²) in [6.07, 6.45) is -0.426. The normalized spacial score (nSPS) is 11.7. The molecule has 1 amide bonds. The molecule has 3 heterocycles. The van der Waals surface area contributed by atoms with Gasteiger partial charge < -0.3 is 5.73 Å². The van der Waals surface area contributed by atoms with Crippen LogP contribution in [0.15, 0.2) is 40.3 Å². The number of aromatic nitrogens is 5. The number of H-pyrrole nitrogens is 1. The van der Waals surface area contributed by atoms with Crippen LogP contribution in [0.5, 0.6) is 0 Å². The van der Waals surface area contributed by atoms with E-state index in [-0.39, 0.29) is 36.2 Å². The Labute approximate surface area is 179 Å². The number of nitrogens with two attached hydrogens (primary N) is 1. The van der Waals surface area contributed by atoms with Crippen LogP contribution in [0.3, 0.4) is 0 Å². The first kappa shape index (κ1) is 22.8. The van der Waals surface area contributed by atoms with E-state index < -0.39 is 23.1 Å². The molecule has 0 fully saturated rings. The van der Waals surface area contributed by atoms with Crippen molar-refractivity contribution in [2.24, 2.45) is 5.92 Å². The Morgan fingerprint density at radius 3 is 2.53 bits per heavy atom. The number of hydrogen-bond acceptors (Lipinski definition) is 6. The molecule has 0 atom stereocenters. The Kier molecular flexibility index (Phi) is 6.18. The molecule has 0 saturated heterocycles. The summed E-state index contributed by atoms with van der Waals surface area (Å²) in [6.45, 7) is 3.82. The molecule has 3 rings (SSSR count). The van der Waals surface area contributed by atoms with Gasteiger partial charge in [-0.3, -0.25) is 33.7 Å². The van der Waals surface area contributed by atoms with E-state index in [4.69, 9.17) is 5.73 Å². The summed E-state index contributed by atoms with van der Waals surface area (Å²) >= 11 is 0. The molecule has 3 aromatic heterocycles. The zero-order valence-corrected chi connectivity index (χ0v) is 17.1. The Morgan fingerprint density at radius 2 is 1.97 bits per heavy atom. The molecule has 0 unspecified atom stereocenters. The van der Waals surface area contributed by atoms with Gasteiger partial charge in [0, 0.05) is 18.9 Å². The number of rotatable bonds is 7. The van der Waals surface area contributed by atoms with Crippen molar-refractivity contribution >= 4 is 23.6 Å². The fraction of sp³-hybridized carbons (Fsp3) is 0.316. The lowest BCUT2D eigenvalue weighted by atomic mass is 10.2. The van der Waals surface area contributed by atoms with Crippen LogP contribution >= 0.6 is 0 Å². The lowest BCUT2D eigenvalue weighted by Gasteiger charge is -2.18. The van der Waals surface area contributed by atoms with E-state index >= 15 is 0 Å². The van der Waals surface area contributed by atoms with Crippen molar-refractivity contribution < 1.29 is 18.0 Å². The molecule has 0 aliphatic rings. The molecule has 13 heteroatoms. The number of nitrogen functional groups attached to an aromatic ring is 1. The summed E-state index contributed by atoms with van der Waals surface area (Å²) in [5, 5.41) is 4.07. The van der Waals surface area contributed by atoms with Crippen LogP contribution in [0.25, 0.3) is 0 Å². The van der Waals surface area contributed by atoms with E-state index in [1.807, 2.05) is 13.8 Å². The van der Waals surface area contributed by atoms with Crippen LogP contribution in [-0.4, -0.2) is 30.7 Å². The Hall–Kier alpha value is -3.90. The van der Waals surface area contributed by atoms with E-state index in [0.29, 0.717) is 12.0 Å². The highest BCUT2D eigenvalue weighted by atomic mass is 19.4. The van der Waals surface area contributed by atoms with Gasteiger partial charge in [-0.1, -0.05) is 19.9 Å². The van der Waals surface area contributed by atoms with Crippen molar-refractivity contribution in [3.8, 4) is 0 Å². The number of hydrogen-bond donors (Lipinski definition) is 2. The van der Waals surface area contributed by atoms with Gasteiger partial charge in [-0.05, 0) is 17.5 Å². The fourth-order valence-corrected chi connectivity index (χ4v) is 3.02. The van der Waals surface area contributed by atoms with Crippen LogP contribution in [-0.2, 0) is 24.1 Å². The van der Waals surface area contributed by atoms with Gasteiger partial charge in [-0.2, -0.15) is 18.3 Å². The number of nitrogens with one attached hydrogen (secondary N) is 1. The van der Waals surface area contributed by atoms with Gasteiger partial charge in [0.15, 0.2) is 5.69 Å². The molecule has 0 aliphatic heterocycles. The minimum absolute atomic E-state index is 0.0185. The van der Waals surface area contributed by atoms with Crippen molar-refractivity contribution in [3.63, 3.8) is 0 Å². The summed E-state index contributed by atoms with van der Waals surface area (Å²) in [7, 11) is 0. The maximum absolute atomic E-state index is 12.9. The van der Waals surface area contributed by atoms with Crippen molar-refractivity contribution in [1.82, 2.24) is 24.3 Å². The number of amides is 1. The number of pyridine rings is 1. The SMILES string of the molecule is CC(C)Cn1c(=O)[nH]c(N)c(N(C=O)c2cnn(Cc3ccc(C(F)(F)F)nc3)c2)c1=O. The number of halogens is 3. The third-order valence-electron chi connectivity index (χ3n) is 4.44. The quantitative estimate of drug-likeness (QED) is 0.526. The second kappa shape index (κ2) is 8.69. The van der Waals surface area contributed by atoms with Gasteiger partial charge in [-0.25, -0.2) is 4.79 Å². The first-order valence-corrected chi connectivity index (χ1v) is 9.43. The molecular formula is C19H20F3N7O3. The smallest absolute Gasteiger partial charge is 0.383 e. The molecule has 0 spiro atoms. The highest BCUT2D eigenvalue weighted by Gasteiger charge is 2.32. The predicted octanol–water partition coefficient (Wildman–Crippen LogP) is 1.73. The van der Waals surface area contributed by atoms with Gasteiger partial charge in [0.25, 0.3) is 5.56 Å². The highest BCUT2D eigenvalue weighted by molar-refractivity contribution is 5.89. The van der Waals surface area contributed by atoms with E-state index in [0.717, 1.165) is 21.7 Å². The molecule has 3 N–H and O–H groups in total. The summed E-state index contributed by atoms with van der Waals surface area (Å²) in [6, 6.07) is 2.12. The third kappa shape index (κ3) is 4.71. The number of carbonyl (C=O) groups is 1. The Morgan fingerprint density at radius 1 is 1.25 bits per heavy atom. The predicted molar refractivity (Wildman–Crippen MR) is 109 cm³/mol. The van der Waals surface area contributed by atoms with Crippen molar-refractivity contribution in [3.05, 3.63) is 62.8 Å². The topological polar surface area (TPSA) is 132 Å². The summed E-state index contributed by atoms with van der Waals surface area (Å²) < 4.78 is 40.2. The number of carbonyl (C=O) groups excluding carboxylic acids is 1. The highest BCUT2D eigenvalue weighted by Crippen LogP contribution is 2.27. The van der Waals surface area contributed by atoms with Crippen LogP contribution in [0.1, 0.15) is 25.1 Å². The average molecular weight is 451 g/mol. The molecule has 0 bridgehead atoms. The molecule has 0 aliphatic carbocycles. The fourth-order valence-electron chi connectivity index (χ4n) is 3.02. The summed E-state index contributed by atoms with van der Waals surface area (Å²) in [5.74, 6) is -0.304. The summed E-state index contributed by atoms with van der Waals surface area (Å²) in [5.41, 5.74) is 3.74. The van der Waals surface area contributed by atoms with Crippen molar-refractivity contribution in [2.75, 3.05) is 10.6 Å². The lowest BCUT2D eigenvalue weighted by Crippen LogP contribution is -2.40. The van der Waals surface area contributed by atoms with Crippen LogP contribution in [0.2, 0.25) is 0 Å². The first-order valence-electron chi connectivity index (χ1n) is 9.43. The van der Waals surface area contributed by atoms with Crippen molar-refractivity contribution in [1.29, 1.82) is 0 Å². The van der Waals surface area contributed by atoms with Crippen LogP contribution in [0, 0.1) is 5.92 Å². The zero-order chi connectivity index (χ0) is 23.6. The second-order valence-corrected chi connectivity index (χ2v) is 7.42. The second-order valence-electron chi connectivity index (χ2n) is 7.42. The van der Waals surface area contributed by atoms with Gasteiger partial charge in [0.1, 0.15) is 11.5 Å². The van der Waals surface area contributed by atoms with Gasteiger partial charge in [-0.15, -0.1) is 0 Å². The minimum Gasteiger partial charge on any atom is -0.383 e. The van der Waals surface area contributed by atoms with Crippen LogP contribution in [0.4, 0.5) is 30.4 Å². The molecular weight excluding hydrogens is 431 g/mol. The number of nitrogens with zero attached hydrogens (tertiary/aromatic N) is 5. The Balaban J connectivity index is 1.91. The van der Waals surface area contributed by atoms with E-state index in [1.54, 1.807) is 0 Å². The Bertz CT molecular complexity index is 1230. The average Bonchev–Trinajstić information content (AvgIpc) is 3.16. The maximum Gasteiger partial charge on any atom is 0.433 e. The number of anilines is 3. The van der Waals surface area contributed by atoms with Gasteiger partial charge in [0.2, 0.25) is 6.41 Å². The molecule has 3 aromatic rings. The zero-order valence-electron chi connectivity index (χ0n) is 17.1. The van der Waals surface area contributed by atoms with Gasteiger partial charge >= 0.3 is 11.9 Å². The molecule has 0 radical (unpaired) electrons. The number of alkyl halides is 3. The van der Waals surface area contributed by atoms with Crippen molar-refractivity contribution in [2.45, 2.75) is 33.1 Å². The van der Waals surface area contributed by atoms with E-state index in [1.165, 1.54) is 23.1 Å². The molecule has 170 valence electrons. The molecule has 10 nitrogen and oxygen atoms in total. The number of aromatic amines is 1. The standard InChI is InChI=1S/C19H20F3N7O3/c1-11(2)7-28-17(31)15(16(23)26-18(28)32)29(10-30)13-6-25-27(9-13)8-12-3-4-14(24-5-12)19(20,21)22/h3-6,9-11H,7-8,23H2,1-2H3,(H,26,32). The van der Waals surface area contributed by atoms with Crippen LogP contribution < -0.4 is 21.9 Å². The molecule has 32 heavy (non-hydrogen) atoms. The monoisotopic (exact) mass is 451 g/mol. The summed E-state index contributed by atoms with van der Waals surface area (Å²) in [4.78, 5) is 43.5. The third-order valence-corrected chi connectivity index (χ3v) is 4.44. The van der Waals surface area contributed by atoms with E-state index in [2.05, 4.69) is 15.1 Å². The molecule has 0 aromatic carbocycles. The minimum atomic E-state index is -4.54. The first-order chi connectivity index (χ1) is 15.0. The van der Waals surface area contributed by atoms with E-state index in [9.17, 15) is 27.6 Å². The molecule has 0 saturated carbocycles. The lowest BCUT2D eigenvalue weighted by molar-refractivity contribution is -0.141. The maximum atomic E-state index is 12.9. The largest absolute Gasteiger partial charge is 0.433 e. The van der Waals surface area contributed by atoms with Gasteiger partial charge in [0.05, 0.1) is 18.4 Å².